The van der Waals surface area contributed by atoms with E-state index in [1.165, 1.54) is 4.90 Å². The fourth-order valence-corrected chi connectivity index (χ4v) is 4.98. The van der Waals surface area contributed by atoms with E-state index in [0.717, 1.165) is 0 Å². The molecule has 0 aliphatic carbocycles. The van der Waals surface area contributed by atoms with Gasteiger partial charge in [0.25, 0.3) is 0 Å². The molecule has 4 amide bonds. The Kier molecular flexibility index (Phi) is 8.45. The van der Waals surface area contributed by atoms with Crippen LogP contribution in [0.5, 0.6) is 0 Å². The molecule has 0 bridgehead atoms. The van der Waals surface area contributed by atoms with Gasteiger partial charge in [-0.1, -0.05) is 30.3 Å². The fraction of sp³-hybridized carbons (Fsp3) is 0.577. The van der Waals surface area contributed by atoms with E-state index in [1.807, 2.05) is 6.07 Å². The van der Waals surface area contributed by atoms with Crippen LogP contribution < -0.4 is 11.1 Å². The highest BCUT2D eigenvalue weighted by molar-refractivity contribution is 5.94. The molecule has 1 aromatic rings. The number of ether oxygens (including phenoxy) is 1. The highest BCUT2D eigenvalue weighted by Gasteiger charge is 2.47. The number of nitrogens with zero attached hydrogens (tertiary/aromatic N) is 2. The second-order valence-corrected chi connectivity index (χ2v) is 10.6. The van der Waals surface area contributed by atoms with Crippen molar-refractivity contribution in [3.05, 3.63) is 35.9 Å². The number of carbonyl (C=O) groups is 5. The number of aliphatic carboxylic acids is 1. The van der Waals surface area contributed by atoms with E-state index in [2.05, 4.69) is 5.32 Å². The number of carbonyl (C=O) groups excluding carboxylic acids is 4. The van der Waals surface area contributed by atoms with Gasteiger partial charge in [-0.2, -0.15) is 0 Å². The van der Waals surface area contributed by atoms with Crippen LogP contribution in [0.3, 0.4) is 0 Å². The lowest BCUT2D eigenvalue weighted by molar-refractivity contribution is -0.145. The summed E-state index contributed by atoms with van der Waals surface area (Å²) in [5.41, 5.74) is 4.10. The predicted molar refractivity (Wildman–Crippen MR) is 133 cm³/mol. The summed E-state index contributed by atoms with van der Waals surface area (Å²) in [6, 6.07) is 6.90. The predicted octanol–water partition coefficient (Wildman–Crippen LogP) is 1.39. The Balaban J connectivity index is 1.77. The summed E-state index contributed by atoms with van der Waals surface area (Å²) < 4.78 is 5.48. The third-order valence-electron chi connectivity index (χ3n) is 6.86. The molecular formula is C26H36N4O7. The van der Waals surface area contributed by atoms with Crippen molar-refractivity contribution in [2.45, 2.75) is 76.0 Å². The zero-order chi connectivity index (χ0) is 27.4. The molecule has 0 unspecified atom stereocenters. The number of benzene rings is 1. The summed E-state index contributed by atoms with van der Waals surface area (Å²) in [7, 11) is 0. The van der Waals surface area contributed by atoms with Crippen LogP contribution in [0, 0.1) is 0 Å². The quantitative estimate of drug-likeness (QED) is 0.494. The lowest BCUT2D eigenvalue weighted by Crippen LogP contribution is -2.58. The van der Waals surface area contributed by atoms with E-state index in [1.54, 1.807) is 49.9 Å². The SMILES string of the molecule is CC(C)(C)OC(=O)N1CCC[C@H]1C(=O)N1CCC(C(=O)N[C@H](CC(N)=O)C(=O)O)(c2ccccc2)CC1. The normalized spacial score (nSPS) is 20.1. The number of amides is 4. The smallest absolute Gasteiger partial charge is 0.410 e. The molecule has 11 heteroatoms. The number of hydrogen-bond acceptors (Lipinski definition) is 6. The van der Waals surface area contributed by atoms with Crippen molar-refractivity contribution in [2.75, 3.05) is 19.6 Å². The maximum Gasteiger partial charge on any atom is 0.410 e. The minimum Gasteiger partial charge on any atom is -0.480 e. The van der Waals surface area contributed by atoms with Crippen LogP contribution >= 0.6 is 0 Å². The molecule has 0 aromatic heterocycles. The van der Waals surface area contributed by atoms with Crippen LogP contribution in [0.1, 0.15) is 58.4 Å². The maximum atomic E-state index is 13.5. The van der Waals surface area contributed by atoms with Crippen molar-refractivity contribution in [3.63, 3.8) is 0 Å². The van der Waals surface area contributed by atoms with Crippen molar-refractivity contribution >= 4 is 29.8 Å². The molecule has 202 valence electrons. The first-order chi connectivity index (χ1) is 17.3. The molecule has 2 aliphatic heterocycles. The monoisotopic (exact) mass is 516 g/mol. The molecule has 11 nitrogen and oxygen atoms in total. The first-order valence-electron chi connectivity index (χ1n) is 12.5. The van der Waals surface area contributed by atoms with Crippen molar-refractivity contribution in [1.29, 1.82) is 0 Å². The summed E-state index contributed by atoms with van der Waals surface area (Å²) in [6.07, 6.45) is 0.668. The maximum absolute atomic E-state index is 13.5. The molecule has 2 heterocycles. The standard InChI is InChI=1S/C26H36N4O7/c1-25(2,3)37-24(36)30-13-7-10-19(30)21(32)29-14-11-26(12-15-29,17-8-5-4-6-9-17)23(35)28-18(22(33)34)16-20(27)31/h4-6,8-9,18-19H,7,10-16H2,1-3H3,(H2,27,31)(H,28,35)(H,33,34)/t18-,19+/m1/s1. The molecule has 0 radical (unpaired) electrons. The topological polar surface area (TPSA) is 159 Å². The Bertz CT molecular complexity index is 1030. The van der Waals surface area contributed by atoms with Gasteiger partial charge in [0.15, 0.2) is 0 Å². The van der Waals surface area contributed by atoms with E-state index in [4.69, 9.17) is 10.5 Å². The Morgan fingerprint density at radius 3 is 2.27 bits per heavy atom. The lowest BCUT2D eigenvalue weighted by Gasteiger charge is -2.42. The van der Waals surface area contributed by atoms with Gasteiger partial charge in [-0.05, 0) is 52.0 Å². The number of carboxylic acids is 1. The largest absolute Gasteiger partial charge is 0.480 e. The van der Waals surface area contributed by atoms with E-state index in [9.17, 15) is 29.1 Å². The van der Waals surface area contributed by atoms with Gasteiger partial charge in [0, 0.05) is 19.6 Å². The molecule has 2 aliphatic rings. The molecule has 2 saturated heterocycles. The van der Waals surface area contributed by atoms with Crippen LogP contribution in [-0.2, 0) is 29.3 Å². The van der Waals surface area contributed by atoms with Gasteiger partial charge in [-0.15, -0.1) is 0 Å². The number of hydrogen-bond donors (Lipinski definition) is 3. The zero-order valence-corrected chi connectivity index (χ0v) is 21.6. The number of likely N-dealkylation sites (tertiary alicyclic amines) is 2. The lowest BCUT2D eigenvalue weighted by atomic mass is 9.71. The summed E-state index contributed by atoms with van der Waals surface area (Å²) >= 11 is 0. The van der Waals surface area contributed by atoms with Crippen LogP contribution in [0.2, 0.25) is 0 Å². The van der Waals surface area contributed by atoms with Gasteiger partial charge in [-0.3, -0.25) is 19.3 Å². The van der Waals surface area contributed by atoms with E-state index in [0.29, 0.717) is 24.9 Å². The van der Waals surface area contributed by atoms with Crippen LogP contribution in [-0.4, -0.2) is 82.0 Å². The number of primary amides is 1. The average Bonchev–Trinajstić information content (AvgIpc) is 3.32. The summed E-state index contributed by atoms with van der Waals surface area (Å²) in [5, 5.41) is 12.0. The van der Waals surface area contributed by atoms with Crippen LogP contribution in [0.25, 0.3) is 0 Å². The van der Waals surface area contributed by atoms with Gasteiger partial charge >= 0.3 is 12.1 Å². The highest BCUT2D eigenvalue weighted by atomic mass is 16.6. The van der Waals surface area contributed by atoms with Crippen LogP contribution in [0.15, 0.2) is 30.3 Å². The van der Waals surface area contributed by atoms with Crippen molar-refractivity contribution in [1.82, 2.24) is 15.1 Å². The second kappa shape index (κ2) is 11.2. The average molecular weight is 517 g/mol. The summed E-state index contributed by atoms with van der Waals surface area (Å²) in [5.74, 6) is -2.92. The molecule has 1 aromatic carbocycles. The van der Waals surface area contributed by atoms with E-state index in [-0.39, 0.29) is 31.8 Å². The number of piperidine rings is 1. The molecule has 2 fully saturated rings. The second-order valence-electron chi connectivity index (χ2n) is 10.6. The third kappa shape index (κ3) is 6.58. The molecule has 4 N–H and O–H groups in total. The Morgan fingerprint density at radius 2 is 1.73 bits per heavy atom. The van der Waals surface area contributed by atoms with Gasteiger partial charge in [0.1, 0.15) is 17.7 Å². The first-order valence-corrected chi connectivity index (χ1v) is 12.5. The Hall–Kier alpha value is -3.63. The first kappa shape index (κ1) is 27.9. The van der Waals surface area contributed by atoms with Gasteiger partial charge in [-0.25, -0.2) is 9.59 Å². The van der Waals surface area contributed by atoms with Gasteiger partial charge in [0.05, 0.1) is 11.8 Å². The Labute approximate surface area is 216 Å². The minimum atomic E-state index is -1.45. The molecule has 2 atom stereocenters. The highest BCUT2D eigenvalue weighted by Crippen LogP contribution is 2.37. The number of nitrogens with one attached hydrogen (secondary N) is 1. The number of carboxylic acid groups (broad SMARTS) is 1. The number of rotatable bonds is 7. The molecule has 0 saturated carbocycles. The minimum absolute atomic E-state index is 0.192. The van der Waals surface area contributed by atoms with Gasteiger partial charge < -0.3 is 25.8 Å². The summed E-state index contributed by atoms with van der Waals surface area (Å²) in [4.78, 5) is 65.7. The molecule has 37 heavy (non-hydrogen) atoms. The number of nitrogens with two attached hydrogens (primary N) is 1. The van der Waals surface area contributed by atoms with Crippen LogP contribution in [0.4, 0.5) is 4.79 Å². The van der Waals surface area contributed by atoms with Crippen molar-refractivity contribution in [3.8, 4) is 0 Å². The zero-order valence-electron chi connectivity index (χ0n) is 21.6. The van der Waals surface area contributed by atoms with Crippen molar-refractivity contribution < 1.29 is 33.8 Å². The third-order valence-corrected chi connectivity index (χ3v) is 6.86. The fourth-order valence-electron chi connectivity index (χ4n) is 4.98. The molecular weight excluding hydrogens is 480 g/mol. The van der Waals surface area contributed by atoms with Crippen molar-refractivity contribution in [2.24, 2.45) is 5.73 Å². The Morgan fingerprint density at radius 1 is 1.11 bits per heavy atom. The molecule has 3 rings (SSSR count). The van der Waals surface area contributed by atoms with E-state index < -0.39 is 53.4 Å². The van der Waals surface area contributed by atoms with Gasteiger partial charge in [0.2, 0.25) is 17.7 Å². The molecule has 0 spiro atoms. The summed E-state index contributed by atoms with van der Waals surface area (Å²) in [6.45, 7) is 6.24. The van der Waals surface area contributed by atoms with E-state index >= 15 is 0 Å².